The zero-order valence-electron chi connectivity index (χ0n) is 15.6. The quantitative estimate of drug-likeness (QED) is 0.684. The maximum Gasteiger partial charge on any atom is 0.291 e. The number of furan rings is 1. The van der Waals surface area contributed by atoms with E-state index in [2.05, 4.69) is 18.3 Å². The van der Waals surface area contributed by atoms with E-state index in [4.69, 9.17) is 4.42 Å². The Labute approximate surface area is 167 Å². The van der Waals surface area contributed by atoms with Gasteiger partial charge >= 0.3 is 0 Å². The summed E-state index contributed by atoms with van der Waals surface area (Å²) in [5, 5.41) is 2.72. The van der Waals surface area contributed by atoms with E-state index in [1.807, 2.05) is 48.2 Å². The van der Waals surface area contributed by atoms with Crippen molar-refractivity contribution in [3.63, 3.8) is 0 Å². The summed E-state index contributed by atoms with van der Waals surface area (Å²) in [4.78, 5) is 26.7. The average Bonchev–Trinajstić information content (AvgIpc) is 3.34. The normalized spacial score (nSPS) is 16.4. The molecule has 1 saturated heterocycles. The molecule has 0 aliphatic carbocycles. The van der Waals surface area contributed by atoms with Crippen LogP contribution in [0.25, 0.3) is 0 Å². The van der Waals surface area contributed by atoms with Gasteiger partial charge in [0.05, 0.1) is 12.0 Å². The molecule has 1 fully saturated rings. The molecule has 6 heteroatoms. The third-order valence-corrected chi connectivity index (χ3v) is 6.02. The van der Waals surface area contributed by atoms with Gasteiger partial charge in [0.15, 0.2) is 5.76 Å². The first kappa shape index (κ1) is 18.4. The summed E-state index contributed by atoms with van der Waals surface area (Å²) in [6, 6.07) is 17.0. The highest BCUT2D eigenvalue weighted by atomic mass is 32.2. The summed E-state index contributed by atoms with van der Waals surface area (Å²) in [6.07, 6.45) is 1.47. The monoisotopic (exact) mass is 392 g/mol. The number of amides is 2. The molecule has 0 saturated carbocycles. The van der Waals surface area contributed by atoms with Crippen LogP contribution in [-0.4, -0.2) is 17.6 Å². The molecule has 2 heterocycles. The van der Waals surface area contributed by atoms with E-state index < -0.39 is 0 Å². The minimum atomic E-state index is -0.302. The molecule has 5 nitrogen and oxygen atoms in total. The topological polar surface area (TPSA) is 62.6 Å². The van der Waals surface area contributed by atoms with E-state index in [0.717, 1.165) is 16.8 Å². The number of thioether (sulfide) groups is 1. The first-order valence-corrected chi connectivity index (χ1v) is 10.0. The van der Waals surface area contributed by atoms with Crippen molar-refractivity contribution in [2.45, 2.75) is 19.2 Å². The van der Waals surface area contributed by atoms with E-state index in [0.29, 0.717) is 11.4 Å². The second kappa shape index (κ2) is 7.56. The SMILES string of the molecule is Cc1ccc(N2C(=O)CSC2c2cccc(NC(=O)c3ccco3)c2)cc1C. The Morgan fingerprint density at radius 2 is 1.96 bits per heavy atom. The summed E-state index contributed by atoms with van der Waals surface area (Å²) in [5.41, 5.74) is 4.88. The van der Waals surface area contributed by atoms with Crippen molar-refractivity contribution >= 4 is 35.0 Å². The van der Waals surface area contributed by atoms with Gasteiger partial charge in [-0.05, 0) is 66.9 Å². The van der Waals surface area contributed by atoms with Crippen LogP contribution in [0, 0.1) is 13.8 Å². The predicted molar refractivity (Wildman–Crippen MR) is 112 cm³/mol. The van der Waals surface area contributed by atoms with Crippen LogP contribution in [0.3, 0.4) is 0 Å². The molecular formula is C22H20N2O3S. The maximum absolute atomic E-state index is 12.6. The first-order valence-electron chi connectivity index (χ1n) is 8.98. The largest absolute Gasteiger partial charge is 0.459 e. The number of benzene rings is 2. The van der Waals surface area contributed by atoms with Crippen molar-refractivity contribution in [1.29, 1.82) is 0 Å². The Morgan fingerprint density at radius 3 is 2.71 bits per heavy atom. The molecular weight excluding hydrogens is 372 g/mol. The van der Waals surface area contributed by atoms with E-state index in [1.165, 1.54) is 11.8 Å². The van der Waals surface area contributed by atoms with Gasteiger partial charge in [-0.25, -0.2) is 0 Å². The number of nitrogens with zero attached hydrogens (tertiary/aromatic N) is 1. The Kier molecular flexibility index (Phi) is 4.96. The molecule has 1 N–H and O–H groups in total. The van der Waals surface area contributed by atoms with E-state index in [-0.39, 0.29) is 22.9 Å². The summed E-state index contributed by atoms with van der Waals surface area (Å²) in [6.45, 7) is 4.11. The molecule has 1 aliphatic rings. The lowest BCUT2D eigenvalue weighted by Gasteiger charge is -2.25. The van der Waals surface area contributed by atoms with Crippen LogP contribution in [-0.2, 0) is 4.79 Å². The van der Waals surface area contributed by atoms with Crippen molar-refractivity contribution in [3.8, 4) is 0 Å². The van der Waals surface area contributed by atoms with E-state index in [9.17, 15) is 9.59 Å². The van der Waals surface area contributed by atoms with Gasteiger partial charge in [-0.2, -0.15) is 0 Å². The zero-order chi connectivity index (χ0) is 19.7. The Hall–Kier alpha value is -2.99. The zero-order valence-corrected chi connectivity index (χ0v) is 16.5. The molecule has 3 aromatic rings. The summed E-state index contributed by atoms with van der Waals surface area (Å²) in [7, 11) is 0. The van der Waals surface area contributed by atoms with Gasteiger partial charge < -0.3 is 9.73 Å². The fraction of sp³-hybridized carbons (Fsp3) is 0.182. The van der Waals surface area contributed by atoms with Crippen LogP contribution in [0.5, 0.6) is 0 Å². The molecule has 1 unspecified atom stereocenters. The highest BCUT2D eigenvalue weighted by Crippen LogP contribution is 2.42. The fourth-order valence-electron chi connectivity index (χ4n) is 3.20. The standard InChI is InChI=1S/C22H20N2O3S/c1-14-8-9-18(11-15(14)2)24-20(25)13-28-22(24)16-5-3-6-17(12-16)23-21(26)19-7-4-10-27-19/h3-12,22H,13H2,1-2H3,(H,23,26). The molecule has 2 amide bonds. The van der Waals surface area contributed by atoms with Gasteiger partial charge in [-0.15, -0.1) is 11.8 Å². The predicted octanol–water partition coefficient (Wildman–Crippen LogP) is 4.93. The van der Waals surface area contributed by atoms with Crippen LogP contribution in [0.15, 0.2) is 65.3 Å². The maximum atomic E-state index is 12.6. The van der Waals surface area contributed by atoms with E-state index in [1.54, 1.807) is 23.9 Å². The Balaban J connectivity index is 1.61. The van der Waals surface area contributed by atoms with Gasteiger partial charge in [-0.3, -0.25) is 14.5 Å². The second-order valence-corrected chi connectivity index (χ2v) is 7.82. The Bertz CT molecular complexity index is 1030. The molecule has 1 aromatic heterocycles. The minimum absolute atomic E-state index is 0.0864. The molecule has 1 aliphatic heterocycles. The number of hydrogen-bond acceptors (Lipinski definition) is 4. The number of hydrogen-bond donors (Lipinski definition) is 1. The van der Waals surface area contributed by atoms with E-state index >= 15 is 0 Å². The first-order chi connectivity index (χ1) is 13.5. The molecule has 4 rings (SSSR count). The average molecular weight is 392 g/mol. The van der Waals surface area contributed by atoms with Crippen molar-refractivity contribution in [2.75, 3.05) is 16.0 Å². The number of nitrogens with one attached hydrogen (secondary N) is 1. The van der Waals surface area contributed by atoms with Crippen LogP contribution in [0.4, 0.5) is 11.4 Å². The lowest BCUT2D eigenvalue weighted by atomic mass is 10.1. The lowest BCUT2D eigenvalue weighted by Crippen LogP contribution is -2.28. The number of aryl methyl sites for hydroxylation is 2. The smallest absolute Gasteiger partial charge is 0.291 e. The number of carbonyl (C=O) groups is 2. The van der Waals surface area contributed by atoms with Crippen molar-refractivity contribution < 1.29 is 14.0 Å². The Morgan fingerprint density at radius 1 is 1.11 bits per heavy atom. The minimum Gasteiger partial charge on any atom is -0.459 e. The van der Waals surface area contributed by atoms with Crippen LogP contribution >= 0.6 is 11.8 Å². The van der Waals surface area contributed by atoms with Crippen LogP contribution in [0.2, 0.25) is 0 Å². The number of rotatable bonds is 4. The van der Waals surface area contributed by atoms with Gasteiger partial charge in [0.1, 0.15) is 5.37 Å². The van der Waals surface area contributed by atoms with Crippen molar-refractivity contribution in [2.24, 2.45) is 0 Å². The summed E-state index contributed by atoms with van der Waals surface area (Å²) < 4.78 is 5.14. The molecule has 0 bridgehead atoms. The highest BCUT2D eigenvalue weighted by Gasteiger charge is 2.34. The lowest BCUT2D eigenvalue weighted by molar-refractivity contribution is -0.115. The third kappa shape index (κ3) is 3.55. The molecule has 142 valence electrons. The summed E-state index contributed by atoms with van der Waals surface area (Å²) in [5.74, 6) is 0.472. The summed E-state index contributed by atoms with van der Waals surface area (Å²) >= 11 is 1.59. The molecule has 1 atom stereocenters. The second-order valence-electron chi connectivity index (χ2n) is 6.75. The van der Waals surface area contributed by atoms with Crippen molar-refractivity contribution in [3.05, 3.63) is 83.3 Å². The number of anilines is 2. The molecule has 28 heavy (non-hydrogen) atoms. The molecule has 2 aromatic carbocycles. The molecule has 0 spiro atoms. The van der Waals surface area contributed by atoms with Crippen molar-refractivity contribution in [1.82, 2.24) is 0 Å². The van der Waals surface area contributed by atoms with Crippen LogP contribution < -0.4 is 10.2 Å². The molecule has 0 radical (unpaired) electrons. The number of carbonyl (C=O) groups excluding carboxylic acids is 2. The highest BCUT2D eigenvalue weighted by molar-refractivity contribution is 8.00. The van der Waals surface area contributed by atoms with Gasteiger partial charge in [0.25, 0.3) is 5.91 Å². The van der Waals surface area contributed by atoms with Gasteiger partial charge in [0.2, 0.25) is 5.91 Å². The fourth-order valence-corrected chi connectivity index (χ4v) is 4.36. The van der Waals surface area contributed by atoms with Gasteiger partial charge in [-0.1, -0.05) is 18.2 Å². The third-order valence-electron chi connectivity index (χ3n) is 4.81. The van der Waals surface area contributed by atoms with Crippen LogP contribution in [0.1, 0.15) is 32.6 Å². The van der Waals surface area contributed by atoms with Gasteiger partial charge in [0, 0.05) is 11.4 Å².